The Kier molecular flexibility index (Phi) is 7.50. The van der Waals surface area contributed by atoms with Crippen molar-refractivity contribution in [2.75, 3.05) is 25.2 Å². The number of rotatable bonds is 5. The minimum absolute atomic E-state index is 0. The van der Waals surface area contributed by atoms with Crippen molar-refractivity contribution in [3.05, 3.63) is 0 Å². The molecule has 8 heteroatoms. The largest absolute Gasteiger partial charge is 0.378 e. The first-order valence-corrected chi connectivity index (χ1v) is 11.8. The second kappa shape index (κ2) is 8.73. The average Bonchev–Trinajstić information content (AvgIpc) is 3.20. The fourth-order valence-electron chi connectivity index (χ4n) is 4.52. The molecule has 1 saturated heterocycles. The van der Waals surface area contributed by atoms with Crippen molar-refractivity contribution in [2.45, 2.75) is 77.0 Å². The molecule has 0 aromatic rings. The zero-order chi connectivity index (χ0) is 19.0. The molecule has 0 aromatic carbocycles. The van der Waals surface area contributed by atoms with E-state index >= 15 is 0 Å². The van der Waals surface area contributed by atoms with Gasteiger partial charge in [-0.25, -0.2) is 8.42 Å². The molecule has 3 fully saturated rings. The number of ether oxygens (including phenoxy) is 1. The van der Waals surface area contributed by atoms with Crippen LogP contribution in [0.1, 0.15) is 59.3 Å². The van der Waals surface area contributed by atoms with Crippen LogP contribution in [-0.4, -0.2) is 57.2 Å². The first-order chi connectivity index (χ1) is 12.2. The molecule has 3 rings (SSSR count). The lowest BCUT2D eigenvalue weighted by molar-refractivity contribution is -0.176. The molecule has 3 atom stereocenters. The van der Waals surface area contributed by atoms with E-state index in [9.17, 15) is 8.42 Å². The molecular formula is C19H36IN3O3S. The van der Waals surface area contributed by atoms with E-state index in [0.717, 1.165) is 18.8 Å². The van der Waals surface area contributed by atoms with Crippen LogP contribution in [-0.2, 0) is 14.6 Å². The van der Waals surface area contributed by atoms with Crippen LogP contribution in [0.3, 0.4) is 0 Å². The molecule has 0 bridgehead atoms. The van der Waals surface area contributed by atoms with Crippen molar-refractivity contribution in [1.29, 1.82) is 0 Å². The molecule has 2 aliphatic carbocycles. The van der Waals surface area contributed by atoms with Gasteiger partial charge in [-0.3, -0.25) is 4.99 Å². The molecule has 1 aliphatic heterocycles. The van der Waals surface area contributed by atoms with E-state index in [4.69, 9.17) is 9.73 Å². The number of nitrogens with zero attached hydrogens (tertiary/aromatic N) is 1. The van der Waals surface area contributed by atoms with Gasteiger partial charge >= 0.3 is 0 Å². The van der Waals surface area contributed by atoms with Gasteiger partial charge in [0.1, 0.15) is 0 Å². The molecule has 0 aromatic heterocycles. The van der Waals surface area contributed by atoms with E-state index in [2.05, 4.69) is 31.4 Å². The highest BCUT2D eigenvalue weighted by atomic mass is 127. The second-order valence-electron chi connectivity index (χ2n) is 9.14. The normalized spacial score (nSPS) is 35.3. The molecule has 0 radical (unpaired) electrons. The van der Waals surface area contributed by atoms with Gasteiger partial charge in [0.25, 0.3) is 0 Å². The summed E-state index contributed by atoms with van der Waals surface area (Å²) in [7, 11) is -1.06. The Hall–Kier alpha value is -0.0900. The SMILES string of the molecule is COC1(C)CC(NC(=NCC2CCS(=O)(=O)C2)NC2CCCC2)C1(C)C.I. The predicted molar refractivity (Wildman–Crippen MR) is 121 cm³/mol. The molecule has 27 heavy (non-hydrogen) atoms. The molecule has 2 N–H and O–H groups in total. The van der Waals surface area contributed by atoms with Gasteiger partial charge in [0.2, 0.25) is 0 Å². The van der Waals surface area contributed by atoms with E-state index in [1.165, 1.54) is 25.7 Å². The summed E-state index contributed by atoms with van der Waals surface area (Å²) in [4.78, 5) is 4.78. The topological polar surface area (TPSA) is 79.8 Å². The predicted octanol–water partition coefficient (Wildman–Crippen LogP) is 2.72. The molecule has 6 nitrogen and oxygen atoms in total. The van der Waals surface area contributed by atoms with Crippen molar-refractivity contribution in [2.24, 2.45) is 16.3 Å². The molecule has 3 unspecified atom stereocenters. The highest BCUT2D eigenvalue weighted by molar-refractivity contribution is 14.0. The first kappa shape index (κ1) is 23.2. The Balaban J connectivity index is 0.00000261. The fraction of sp³-hybridized carbons (Fsp3) is 0.947. The highest BCUT2D eigenvalue weighted by Gasteiger charge is 2.58. The smallest absolute Gasteiger partial charge is 0.191 e. The summed E-state index contributed by atoms with van der Waals surface area (Å²) in [5, 5.41) is 7.21. The summed E-state index contributed by atoms with van der Waals surface area (Å²) in [6.07, 6.45) is 6.58. The third-order valence-corrected chi connectivity index (χ3v) is 8.96. The van der Waals surface area contributed by atoms with Gasteiger partial charge in [-0.15, -0.1) is 24.0 Å². The minimum Gasteiger partial charge on any atom is -0.378 e. The van der Waals surface area contributed by atoms with Gasteiger partial charge in [-0.2, -0.15) is 0 Å². The number of hydrogen-bond acceptors (Lipinski definition) is 4. The Morgan fingerprint density at radius 3 is 2.33 bits per heavy atom. The number of sulfone groups is 1. The molecule has 1 heterocycles. The molecule has 0 spiro atoms. The first-order valence-electron chi connectivity index (χ1n) is 9.98. The molecule has 2 saturated carbocycles. The second-order valence-corrected chi connectivity index (χ2v) is 11.4. The number of halogens is 1. The molecule has 158 valence electrons. The number of nitrogens with one attached hydrogen (secondary N) is 2. The zero-order valence-corrected chi connectivity index (χ0v) is 20.2. The monoisotopic (exact) mass is 513 g/mol. The standard InChI is InChI=1S/C19H35N3O3S.HI/c1-18(2)16(11-19(18,3)25-4)22-17(21-15-7-5-6-8-15)20-12-14-9-10-26(23,24)13-14;/h14-16H,5-13H2,1-4H3,(H2,20,21,22);1H. The van der Waals surface area contributed by atoms with Crippen LogP contribution >= 0.6 is 24.0 Å². The highest BCUT2D eigenvalue weighted by Crippen LogP contribution is 2.51. The summed E-state index contributed by atoms with van der Waals surface area (Å²) in [6, 6.07) is 0.776. The quantitative estimate of drug-likeness (QED) is 0.336. The Labute approximate surface area is 181 Å². The van der Waals surface area contributed by atoms with E-state index < -0.39 is 9.84 Å². The van der Waals surface area contributed by atoms with Crippen LogP contribution in [0.5, 0.6) is 0 Å². The van der Waals surface area contributed by atoms with Gasteiger partial charge in [0.05, 0.1) is 17.1 Å². The average molecular weight is 513 g/mol. The Bertz CT molecular complexity index is 647. The number of guanidine groups is 1. The number of hydrogen-bond donors (Lipinski definition) is 2. The van der Waals surface area contributed by atoms with Gasteiger partial charge in [0.15, 0.2) is 15.8 Å². The third kappa shape index (κ3) is 5.10. The van der Waals surface area contributed by atoms with Crippen LogP contribution in [0.25, 0.3) is 0 Å². The van der Waals surface area contributed by atoms with Crippen LogP contribution in [0, 0.1) is 11.3 Å². The maximum absolute atomic E-state index is 11.7. The summed E-state index contributed by atoms with van der Waals surface area (Å²) < 4.78 is 29.1. The van der Waals surface area contributed by atoms with Crippen molar-refractivity contribution in [1.82, 2.24) is 10.6 Å². The van der Waals surface area contributed by atoms with Crippen LogP contribution in [0.4, 0.5) is 0 Å². The molecule has 3 aliphatic rings. The number of aliphatic imine (C=N–C) groups is 1. The van der Waals surface area contributed by atoms with Gasteiger partial charge in [-0.1, -0.05) is 26.7 Å². The third-order valence-electron chi connectivity index (χ3n) is 7.12. The van der Waals surface area contributed by atoms with Gasteiger partial charge in [0, 0.05) is 31.2 Å². The lowest BCUT2D eigenvalue weighted by atomic mass is 9.56. The maximum Gasteiger partial charge on any atom is 0.191 e. The summed E-state index contributed by atoms with van der Waals surface area (Å²) in [6.45, 7) is 7.20. The van der Waals surface area contributed by atoms with E-state index in [0.29, 0.717) is 24.4 Å². The van der Waals surface area contributed by atoms with Gasteiger partial charge in [-0.05, 0) is 38.5 Å². The Morgan fingerprint density at radius 1 is 1.15 bits per heavy atom. The van der Waals surface area contributed by atoms with Crippen LogP contribution in [0.15, 0.2) is 4.99 Å². The lowest BCUT2D eigenvalue weighted by Crippen LogP contribution is -2.69. The van der Waals surface area contributed by atoms with Crippen molar-refractivity contribution >= 4 is 39.8 Å². The fourth-order valence-corrected chi connectivity index (χ4v) is 6.37. The van der Waals surface area contributed by atoms with Crippen molar-refractivity contribution in [3.63, 3.8) is 0 Å². The summed E-state index contributed by atoms with van der Waals surface area (Å²) in [5.74, 6) is 1.59. The molecule has 0 amide bonds. The van der Waals surface area contributed by atoms with Gasteiger partial charge < -0.3 is 15.4 Å². The van der Waals surface area contributed by atoms with E-state index in [-0.39, 0.29) is 46.7 Å². The van der Waals surface area contributed by atoms with Crippen LogP contribution < -0.4 is 10.6 Å². The summed E-state index contributed by atoms with van der Waals surface area (Å²) >= 11 is 0. The Morgan fingerprint density at radius 2 is 1.81 bits per heavy atom. The lowest BCUT2D eigenvalue weighted by Gasteiger charge is -2.59. The van der Waals surface area contributed by atoms with Crippen molar-refractivity contribution < 1.29 is 13.2 Å². The van der Waals surface area contributed by atoms with E-state index in [1.54, 1.807) is 7.11 Å². The number of methoxy groups -OCH3 is 1. The summed E-state index contributed by atoms with van der Waals surface area (Å²) in [5.41, 5.74) is -0.112. The van der Waals surface area contributed by atoms with E-state index in [1.807, 2.05) is 0 Å². The minimum atomic E-state index is -2.85. The van der Waals surface area contributed by atoms with Crippen LogP contribution in [0.2, 0.25) is 0 Å². The van der Waals surface area contributed by atoms with Crippen molar-refractivity contribution in [3.8, 4) is 0 Å². The molecular weight excluding hydrogens is 477 g/mol. The maximum atomic E-state index is 11.7. The zero-order valence-electron chi connectivity index (χ0n) is 17.1.